The second-order valence-corrected chi connectivity index (χ2v) is 4.04. The Hall–Kier alpha value is -1.11. The van der Waals surface area contributed by atoms with Gasteiger partial charge in [-0.3, -0.25) is 4.79 Å². The number of nitrogens with zero attached hydrogens (tertiary/aromatic N) is 1. The number of rotatable bonds is 2. The number of aliphatic carboxylic acids is 1. The Morgan fingerprint density at radius 2 is 2.36 bits per heavy atom. The van der Waals surface area contributed by atoms with Crippen LogP contribution in [-0.4, -0.2) is 16.1 Å². The highest BCUT2D eigenvalue weighted by Gasteiger charge is 2.09. The van der Waals surface area contributed by atoms with Crippen LogP contribution in [0.2, 0.25) is 0 Å². The number of carbonyl (C=O) groups is 1. The molecule has 1 aromatic carbocycles. The van der Waals surface area contributed by atoms with Gasteiger partial charge in [-0.05, 0) is 40.8 Å². The topological polar surface area (TPSA) is 63.3 Å². The quantitative estimate of drug-likeness (QED) is 0.863. The van der Waals surface area contributed by atoms with Crippen molar-refractivity contribution in [2.75, 3.05) is 0 Å². The Balaban J connectivity index is 2.46. The fraction of sp³-hybridized carbons (Fsp3) is 0.111. The first-order valence-electron chi connectivity index (χ1n) is 3.92. The molecule has 1 aromatic heterocycles. The van der Waals surface area contributed by atoms with Gasteiger partial charge in [0.15, 0.2) is 5.58 Å². The number of hydrogen-bond acceptors (Lipinski definition) is 3. The van der Waals surface area contributed by atoms with Crippen molar-refractivity contribution in [1.82, 2.24) is 4.98 Å². The lowest BCUT2D eigenvalue weighted by Gasteiger charge is -1.86. The van der Waals surface area contributed by atoms with Crippen LogP contribution in [0.3, 0.4) is 0 Å². The number of hydrogen-bond donors (Lipinski definition) is 1. The van der Waals surface area contributed by atoms with Crippen LogP contribution >= 0.6 is 22.6 Å². The van der Waals surface area contributed by atoms with Crippen LogP contribution in [-0.2, 0) is 11.2 Å². The van der Waals surface area contributed by atoms with Crippen LogP contribution in [0.25, 0.3) is 11.1 Å². The molecule has 0 unspecified atom stereocenters. The van der Waals surface area contributed by atoms with E-state index in [2.05, 4.69) is 27.6 Å². The molecule has 0 bridgehead atoms. The molecule has 0 radical (unpaired) electrons. The lowest BCUT2D eigenvalue weighted by molar-refractivity contribution is -0.136. The number of aromatic nitrogens is 1. The van der Waals surface area contributed by atoms with Crippen molar-refractivity contribution in [2.24, 2.45) is 0 Å². The molecule has 0 fully saturated rings. The number of carboxylic acid groups (broad SMARTS) is 1. The summed E-state index contributed by atoms with van der Waals surface area (Å²) in [6, 6.07) is 5.54. The monoisotopic (exact) mass is 303 g/mol. The van der Waals surface area contributed by atoms with Crippen LogP contribution in [0.4, 0.5) is 0 Å². The van der Waals surface area contributed by atoms with E-state index in [0.717, 1.165) is 3.57 Å². The average Bonchev–Trinajstić information content (AvgIpc) is 2.44. The van der Waals surface area contributed by atoms with Gasteiger partial charge in [0, 0.05) is 3.57 Å². The average molecular weight is 303 g/mol. The van der Waals surface area contributed by atoms with E-state index in [4.69, 9.17) is 9.52 Å². The number of fused-ring (bicyclic) bond motifs is 1. The Kier molecular flexibility index (Phi) is 2.40. The van der Waals surface area contributed by atoms with Crippen LogP contribution < -0.4 is 0 Å². The van der Waals surface area contributed by atoms with E-state index in [-0.39, 0.29) is 12.3 Å². The largest absolute Gasteiger partial charge is 0.481 e. The van der Waals surface area contributed by atoms with Crippen molar-refractivity contribution in [3.05, 3.63) is 27.7 Å². The zero-order valence-electron chi connectivity index (χ0n) is 7.03. The summed E-state index contributed by atoms with van der Waals surface area (Å²) in [5, 5.41) is 8.55. The minimum Gasteiger partial charge on any atom is -0.481 e. The summed E-state index contributed by atoms with van der Waals surface area (Å²) >= 11 is 2.16. The van der Waals surface area contributed by atoms with Gasteiger partial charge >= 0.3 is 5.97 Å². The summed E-state index contributed by atoms with van der Waals surface area (Å²) in [4.78, 5) is 14.5. The highest BCUT2D eigenvalue weighted by Crippen LogP contribution is 2.18. The molecule has 72 valence electrons. The number of carboxylic acids is 1. The first-order valence-corrected chi connectivity index (χ1v) is 5.00. The summed E-state index contributed by atoms with van der Waals surface area (Å²) in [5.41, 5.74) is 1.33. The van der Waals surface area contributed by atoms with Gasteiger partial charge in [-0.15, -0.1) is 0 Å². The van der Waals surface area contributed by atoms with Crippen molar-refractivity contribution in [3.8, 4) is 0 Å². The maximum Gasteiger partial charge on any atom is 0.312 e. The SMILES string of the molecule is O=C(O)Cc1nc2ccc(I)cc2o1. The van der Waals surface area contributed by atoms with E-state index in [0.29, 0.717) is 11.1 Å². The molecular weight excluding hydrogens is 297 g/mol. The summed E-state index contributed by atoms with van der Waals surface area (Å²) in [5.74, 6) is -0.694. The van der Waals surface area contributed by atoms with E-state index in [1.54, 1.807) is 0 Å². The van der Waals surface area contributed by atoms with Gasteiger partial charge in [0.25, 0.3) is 0 Å². The van der Waals surface area contributed by atoms with Gasteiger partial charge in [0.1, 0.15) is 11.9 Å². The molecule has 0 aliphatic heterocycles. The first-order chi connectivity index (χ1) is 6.65. The van der Waals surface area contributed by atoms with Crippen LogP contribution in [0, 0.1) is 3.57 Å². The molecule has 0 aliphatic rings. The minimum absolute atomic E-state index is 0.175. The third-order valence-corrected chi connectivity index (χ3v) is 2.37. The zero-order valence-corrected chi connectivity index (χ0v) is 9.19. The van der Waals surface area contributed by atoms with Gasteiger partial charge in [-0.1, -0.05) is 0 Å². The van der Waals surface area contributed by atoms with Gasteiger partial charge < -0.3 is 9.52 Å². The smallest absolute Gasteiger partial charge is 0.312 e. The molecule has 1 N–H and O–H groups in total. The van der Waals surface area contributed by atoms with Crippen LogP contribution in [0.5, 0.6) is 0 Å². The third kappa shape index (κ3) is 1.87. The number of oxazole rings is 1. The Labute approximate surface area is 93.1 Å². The highest BCUT2D eigenvalue weighted by atomic mass is 127. The molecule has 5 heteroatoms. The molecule has 2 rings (SSSR count). The Bertz CT molecular complexity index is 492. The summed E-state index contributed by atoms with van der Waals surface area (Å²) in [6.45, 7) is 0. The van der Waals surface area contributed by atoms with Crippen LogP contribution in [0.15, 0.2) is 22.6 Å². The number of halogens is 1. The summed E-state index contributed by atoms with van der Waals surface area (Å²) < 4.78 is 6.30. The van der Waals surface area contributed by atoms with Gasteiger partial charge in [-0.2, -0.15) is 0 Å². The predicted molar refractivity (Wildman–Crippen MR) is 58.1 cm³/mol. The van der Waals surface area contributed by atoms with E-state index in [1.165, 1.54) is 0 Å². The predicted octanol–water partition coefficient (Wildman–Crippen LogP) is 2.06. The molecule has 0 aliphatic carbocycles. The van der Waals surface area contributed by atoms with E-state index in [9.17, 15) is 4.79 Å². The fourth-order valence-corrected chi connectivity index (χ4v) is 1.61. The maximum atomic E-state index is 10.4. The molecule has 0 saturated carbocycles. The van der Waals surface area contributed by atoms with Crippen molar-refractivity contribution >= 4 is 39.7 Å². The second-order valence-electron chi connectivity index (χ2n) is 2.79. The first kappa shape index (κ1) is 9.45. The van der Waals surface area contributed by atoms with E-state index >= 15 is 0 Å². The van der Waals surface area contributed by atoms with Crippen molar-refractivity contribution in [3.63, 3.8) is 0 Å². The van der Waals surface area contributed by atoms with Gasteiger partial charge in [0.2, 0.25) is 5.89 Å². The molecule has 0 spiro atoms. The molecule has 0 amide bonds. The zero-order chi connectivity index (χ0) is 10.1. The third-order valence-electron chi connectivity index (χ3n) is 1.70. The Morgan fingerprint density at radius 1 is 1.57 bits per heavy atom. The summed E-state index contributed by atoms with van der Waals surface area (Å²) in [7, 11) is 0. The molecule has 4 nitrogen and oxygen atoms in total. The number of benzene rings is 1. The van der Waals surface area contributed by atoms with Crippen molar-refractivity contribution in [2.45, 2.75) is 6.42 Å². The second kappa shape index (κ2) is 3.56. The highest BCUT2D eigenvalue weighted by molar-refractivity contribution is 14.1. The summed E-state index contributed by atoms with van der Waals surface area (Å²) in [6.07, 6.45) is -0.175. The lowest BCUT2D eigenvalue weighted by atomic mass is 10.3. The molecule has 0 saturated heterocycles. The molecule has 14 heavy (non-hydrogen) atoms. The van der Waals surface area contributed by atoms with E-state index < -0.39 is 5.97 Å². The normalized spacial score (nSPS) is 10.6. The molecular formula is C9H6INO3. The van der Waals surface area contributed by atoms with Crippen molar-refractivity contribution in [1.29, 1.82) is 0 Å². The standard InChI is InChI=1S/C9H6INO3/c10-5-1-2-6-7(3-5)14-8(11-6)4-9(12)13/h1-3H,4H2,(H,12,13). The molecule has 2 aromatic rings. The fourth-order valence-electron chi connectivity index (χ4n) is 1.15. The Morgan fingerprint density at radius 3 is 3.07 bits per heavy atom. The minimum atomic E-state index is -0.939. The van der Waals surface area contributed by atoms with Crippen LogP contribution in [0.1, 0.15) is 5.89 Å². The molecule has 1 heterocycles. The van der Waals surface area contributed by atoms with Gasteiger partial charge in [0.05, 0.1) is 0 Å². The maximum absolute atomic E-state index is 10.4. The molecule has 0 atom stereocenters. The van der Waals surface area contributed by atoms with Crippen molar-refractivity contribution < 1.29 is 14.3 Å². The van der Waals surface area contributed by atoms with Gasteiger partial charge in [-0.25, -0.2) is 4.98 Å². The van der Waals surface area contributed by atoms with E-state index in [1.807, 2.05) is 18.2 Å². The lowest BCUT2D eigenvalue weighted by Crippen LogP contribution is -1.99.